The Labute approximate surface area is 166 Å². The smallest absolute Gasteiger partial charge is 0.338 e. The second kappa shape index (κ2) is 9.39. The third-order valence-corrected chi connectivity index (χ3v) is 4.43. The SMILES string of the molecule is CCCCN1C(=O)N[C@@H](c2cccc(NC(C)=O)c2)C(C(=O)OC(C)C)=C1C. The molecule has 7 heteroatoms. The van der Waals surface area contributed by atoms with Gasteiger partial charge in [-0.3, -0.25) is 9.69 Å². The van der Waals surface area contributed by atoms with Crippen molar-refractivity contribution in [2.75, 3.05) is 11.9 Å². The zero-order chi connectivity index (χ0) is 20.8. The Kier molecular flexibility index (Phi) is 7.20. The number of rotatable bonds is 7. The topological polar surface area (TPSA) is 87.7 Å². The monoisotopic (exact) mass is 387 g/mol. The molecule has 0 aliphatic carbocycles. The number of esters is 1. The summed E-state index contributed by atoms with van der Waals surface area (Å²) in [5.41, 5.74) is 2.30. The highest BCUT2D eigenvalue weighted by Crippen LogP contribution is 2.32. The van der Waals surface area contributed by atoms with Crippen LogP contribution in [0, 0.1) is 0 Å². The molecular formula is C21H29N3O4. The highest BCUT2D eigenvalue weighted by molar-refractivity contribution is 5.95. The van der Waals surface area contributed by atoms with Crippen molar-refractivity contribution in [1.82, 2.24) is 10.2 Å². The van der Waals surface area contributed by atoms with Gasteiger partial charge in [-0.2, -0.15) is 0 Å². The molecule has 2 rings (SSSR count). The Morgan fingerprint density at radius 1 is 1.32 bits per heavy atom. The van der Waals surface area contributed by atoms with Gasteiger partial charge in [0.05, 0.1) is 17.7 Å². The van der Waals surface area contributed by atoms with Crippen molar-refractivity contribution >= 4 is 23.6 Å². The molecule has 1 aromatic carbocycles. The summed E-state index contributed by atoms with van der Waals surface area (Å²) in [6, 6.07) is 6.20. The quantitative estimate of drug-likeness (QED) is 0.698. The lowest BCUT2D eigenvalue weighted by Gasteiger charge is -2.35. The number of carbonyl (C=O) groups excluding carboxylic acids is 3. The van der Waals surface area contributed by atoms with Gasteiger partial charge >= 0.3 is 12.0 Å². The number of ether oxygens (including phenoxy) is 1. The summed E-state index contributed by atoms with van der Waals surface area (Å²) in [6.07, 6.45) is 1.49. The standard InChI is InChI=1S/C21H29N3O4/c1-6-7-11-24-14(4)18(20(26)28-13(2)3)19(23-21(24)27)16-9-8-10-17(12-16)22-15(5)25/h8-10,12-13,19H,6-7,11H2,1-5H3,(H,22,25)(H,23,27)/t19-/m0/s1. The predicted molar refractivity (Wildman–Crippen MR) is 108 cm³/mol. The van der Waals surface area contributed by atoms with Crippen molar-refractivity contribution in [3.05, 3.63) is 41.1 Å². The molecule has 1 aliphatic rings. The predicted octanol–water partition coefficient (Wildman–Crippen LogP) is 3.74. The number of allylic oxidation sites excluding steroid dienone is 1. The van der Waals surface area contributed by atoms with Crippen LogP contribution < -0.4 is 10.6 Å². The minimum absolute atomic E-state index is 0.193. The van der Waals surface area contributed by atoms with Gasteiger partial charge in [-0.1, -0.05) is 25.5 Å². The largest absolute Gasteiger partial charge is 0.459 e. The average molecular weight is 387 g/mol. The molecule has 0 fully saturated rings. The summed E-state index contributed by atoms with van der Waals surface area (Å²) in [5.74, 6) is -0.648. The summed E-state index contributed by atoms with van der Waals surface area (Å²) in [5, 5.41) is 5.65. The second-order valence-electron chi connectivity index (χ2n) is 7.15. The Bertz CT molecular complexity index is 786. The fourth-order valence-electron chi connectivity index (χ4n) is 3.16. The lowest BCUT2D eigenvalue weighted by molar-refractivity contribution is -0.143. The van der Waals surface area contributed by atoms with E-state index in [-0.39, 0.29) is 18.0 Å². The summed E-state index contributed by atoms with van der Waals surface area (Å²) in [7, 11) is 0. The number of benzene rings is 1. The zero-order valence-corrected chi connectivity index (χ0v) is 17.2. The Hall–Kier alpha value is -2.83. The van der Waals surface area contributed by atoms with Crippen LogP contribution in [0.15, 0.2) is 35.5 Å². The Morgan fingerprint density at radius 2 is 2.04 bits per heavy atom. The molecule has 0 spiro atoms. The first-order chi connectivity index (χ1) is 13.2. The molecule has 7 nitrogen and oxygen atoms in total. The first-order valence-electron chi connectivity index (χ1n) is 9.61. The fourth-order valence-corrected chi connectivity index (χ4v) is 3.16. The molecule has 0 aromatic heterocycles. The van der Waals surface area contributed by atoms with E-state index in [1.165, 1.54) is 6.92 Å². The number of urea groups is 1. The third-order valence-electron chi connectivity index (χ3n) is 4.43. The molecule has 1 aliphatic heterocycles. The van der Waals surface area contributed by atoms with Crippen molar-refractivity contribution < 1.29 is 19.1 Å². The molecule has 3 amide bonds. The van der Waals surface area contributed by atoms with Crippen LogP contribution in [0.3, 0.4) is 0 Å². The van der Waals surface area contributed by atoms with E-state index in [2.05, 4.69) is 10.6 Å². The number of hydrogen-bond acceptors (Lipinski definition) is 4. The van der Waals surface area contributed by atoms with E-state index in [0.717, 1.165) is 12.8 Å². The van der Waals surface area contributed by atoms with Crippen LogP contribution >= 0.6 is 0 Å². The van der Waals surface area contributed by atoms with Crippen LogP contribution in [0.2, 0.25) is 0 Å². The highest BCUT2D eigenvalue weighted by atomic mass is 16.5. The number of unbranched alkanes of at least 4 members (excludes halogenated alkanes) is 1. The van der Waals surface area contributed by atoms with Crippen molar-refractivity contribution in [2.24, 2.45) is 0 Å². The van der Waals surface area contributed by atoms with E-state index in [9.17, 15) is 14.4 Å². The van der Waals surface area contributed by atoms with Gasteiger partial charge in [0.25, 0.3) is 0 Å². The molecule has 0 unspecified atom stereocenters. The van der Waals surface area contributed by atoms with Crippen LogP contribution in [0.25, 0.3) is 0 Å². The number of amides is 3. The molecular weight excluding hydrogens is 358 g/mol. The third kappa shape index (κ3) is 5.12. The van der Waals surface area contributed by atoms with E-state index in [4.69, 9.17) is 4.74 Å². The normalized spacial score (nSPS) is 16.9. The van der Waals surface area contributed by atoms with E-state index in [1.54, 1.807) is 43.9 Å². The lowest BCUT2D eigenvalue weighted by Crippen LogP contribution is -2.48. The summed E-state index contributed by atoms with van der Waals surface area (Å²) >= 11 is 0. The number of nitrogens with one attached hydrogen (secondary N) is 2. The molecule has 0 bridgehead atoms. The molecule has 0 saturated heterocycles. The number of nitrogens with zero attached hydrogens (tertiary/aromatic N) is 1. The molecule has 0 radical (unpaired) electrons. The van der Waals surface area contributed by atoms with Crippen molar-refractivity contribution in [1.29, 1.82) is 0 Å². The van der Waals surface area contributed by atoms with Crippen molar-refractivity contribution in [3.63, 3.8) is 0 Å². The van der Waals surface area contributed by atoms with Gasteiger partial charge in [0.15, 0.2) is 0 Å². The van der Waals surface area contributed by atoms with Crippen molar-refractivity contribution in [3.8, 4) is 0 Å². The van der Waals surface area contributed by atoms with E-state index < -0.39 is 12.0 Å². The molecule has 1 aromatic rings. The molecule has 1 atom stereocenters. The lowest BCUT2D eigenvalue weighted by atomic mass is 9.94. The van der Waals surface area contributed by atoms with E-state index in [0.29, 0.717) is 29.1 Å². The maximum absolute atomic E-state index is 12.9. The van der Waals surface area contributed by atoms with Gasteiger partial charge in [0.2, 0.25) is 5.91 Å². The number of hydrogen-bond donors (Lipinski definition) is 2. The number of carbonyl (C=O) groups is 3. The van der Waals surface area contributed by atoms with Crippen LogP contribution in [0.1, 0.15) is 59.1 Å². The van der Waals surface area contributed by atoms with Crippen LogP contribution in [0.5, 0.6) is 0 Å². The van der Waals surface area contributed by atoms with Gasteiger partial charge in [0, 0.05) is 24.9 Å². The van der Waals surface area contributed by atoms with Gasteiger partial charge < -0.3 is 15.4 Å². The maximum Gasteiger partial charge on any atom is 0.338 e. The Morgan fingerprint density at radius 3 is 2.64 bits per heavy atom. The molecule has 1 heterocycles. The average Bonchev–Trinajstić information content (AvgIpc) is 2.60. The van der Waals surface area contributed by atoms with Crippen LogP contribution in [0.4, 0.5) is 10.5 Å². The van der Waals surface area contributed by atoms with Crippen molar-refractivity contribution in [2.45, 2.75) is 59.6 Å². The zero-order valence-electron chi connectivity index (χ0n) is 17.2. The van der Waals surface area contributed by atoms with Crippen LogP contribution in [-0.4, -0.2) is 35.5 Å². The first-order valence-corrected chi connectivity index (χ1v) is 9.61. The summed E-state index contributed by atoms with van der Waals surface area (Å²) in [4.78, 5) is 38.5. The minimum Gasteiger partial charge on any atom is -0.459 e. The van der Waals surface area contributed by atoms with E-state index in [1.807, 2.05) is 13.0 Å². The number of anilines is 1. The summed E-state index contributed by atoms with van der Waals surface area (Å²) in [6.45, 7) is 9.36. The minimum atomic E-state index is -0.648. The van der Waals surface area contributed by atoms with Gasteiger partial charge in [-0.15, -0.1) is 0 Å². The maximum atomic E-state index is 12.9. The van der Waals surface area contributed by atoms with Gasteiger partial charge in [0.1, 0.15) is 0 Å². The highest BCUT2D eigenvalue weighted by Gasteiger charge is 2.36. The second-order valence-corrected chi connectivity index (χ2v) is 7.15. The Balaban J connectivity index is 2.48. The van der Waals surface area contributed by atoms with Gasteiger partial charge in [-0.25, -0.2) is 9.59 Å². The fraction of sp³-hybridized carbons (Fsp3) is 0.476. The van der Waals surface area contributed by atoms with E-state index >= 15 is 0 Å². The summed E-state index contributed by atoms with van der Waals surface area (Å²) < 4.78 is 5.45. The molecule has 28 heavy (non-hydrogen) atoms. The molecule has 0 saturated carbocycles. The molecule has 152 valence electrons. The van der Waals surface area contributed by atoms with Crippen LogP contribution in [-0.2, 0) is 14.3 Å². The molecule has 2 N–H and O–H groups in total. The first kappa shape index (κ1) is 21.5. The van der Waals surface area contributed by atoms with Gasteiger partial charge in [-0.05, 0) is 44.9 Å².